The van der Waals surface area contributed by atoms with E-state index in [4.69, 9.17) is 0 Å². The third-order valence-electron chi connectivity index (χ3n) is 3.34. The monoisotopic (exact) mass is 282 g/mol. The molecule has 17 heavy (non-hydrogen) atoms. The van der Waals surface area contributed by atoms with Crippen molar-refractivity contribution in [3.8, 4) is 0 Å². The molecular weight excluding hydrogens is 264 g/mol. The first-order valence-corrected chi connectivity index (χ1v) is 9.14. The summed E-state index contributed by atoms with van der Waals surface area (Å²) in [5, 5.41) is 2.68. The van der Waals surface area contributed by atoms with Gasteiger partial charge in [-0.15, -0.1) is 0 Å². The molecule has 0 aromatic carbocycles. The molecule has 2 heterocycles. The van der Waals surface area contributed by atoms with Gasteiger partial charge in [-0.2, -0.15) is 4.31 Å². The molecule has 2 rings (SSSR count). The Balaban J connectivity index is 2.06. The second kappa shape index (κ2) is 4.83. The molecule has 1 atom stereocenters. The number of piperidine rings is 1. The third kappa shape index (κ3) is 2.98. The smallest absolute Gasteiger partial charge is 0.218 e. The van der Waals surface area contributed by atoms with Crippen molar-refractivity contribution >= 4 is 19.9 Å². The summed E-state index contributed by atoms with van der Waals surface area (Å²) in [7, 11) is -6.36. The minimum Gasteiger partial charge on any atom is -0.315 e. The average molecular weight is 282 g/mol. The second-order valence-corrected chi connectivity index (χ2v) is 9.08. The molecule has 0 amide bonds. The third-order valence-corrected chi connectivity index (χ3v) is 7.28. The highest BCUT2D eigenvalue weighted by Crippen LogP contribution is 2.18. The zero-order valence-electron chi connectivity index (χ0n) is 9.63. The van der Waals surface area contributed by atoms with Gasteiger partial charge in [-0.05, 0) is 19.4 Å². The zero-order valence-corrected chi connectivity index (χ0v) is 11.3. The zero-order chi connectivity index (χ0) is 12.5. The summed E-state index contributed by atoms with van der Waals surface area (Å²) in [6, 6.07) is 0. The van der Waals surface area contributed by atoms with Crippen molar-refractivity contribution in [2.75, 3.05) is 37.7 Å². The van der Waals surface area contributed by atoms with Crippen LogP contribution in [0.4, 0.5) is 0 Å². The van der Waals surface area contributed by atoms with Crippen LogP contribution in [-0.4, -0.2) is 64.1 Å². The fourth-order valence-corrected chi connectivity index (χ4v) is 5.57. The first-order valence-electron chi connectivity index (χ1n) is 5.82. The number of rotatable bonds is 2. The maximum Gasteiger partial charge on any atom is 0.218 e. The average Bonchev–Trinajstić information content (AvgIpc) is 2.29. The second-order valence-electron chi connectivity index (χ2n) is 4.56. The number of hydrogen-bond acceptors (Lipinski definition) is 5. The summed E-state index contributed by atoms with van der Waals surface area (Å²) in [6.07, 6.45) is 1.52. The molecule has 0 aliphatic carbocycles. The molecule has 0 spiro atoms. The van der Waals surface area contributed by atoms with E-state index in [9.17, 15) is 16.8 Å². The van der Waals surface area contributed by atoms with Crippen LogP contribution in [0.5, 0.6) is 0 Å². The van der Waals surface area contributed by atoms with Gasteiger partial charge in [-0.25, -0.2) is 16.8 Å². The number of hydrogen-bond donors (Lipinski definition) is 1. The Morgan fingerprint density at radius 3 is 2.35 bits per heavy atom. The maximum atomic E-state index is 12.2. The van der Waals surface area contributed by atoms with Crippen LogP contribution in [0, 0.1) is 0 Å². The van der Waals surface area contributed by atoms with Gasteiger partial charge in [-0.3, -0.25) is 0 Å². The molecule has 2 aliphatic rings. The minimum absolute atomic E-state index is 0.0492. The molecule has 0 aromatic rings. The molecule has 0 radical (unpaired) electrons. The van der Waals surface area contributed by atoms with E-state index in [-0.39, 0.29) is 24.6 Å². The minimum atomic E-state index is -3.33. The molecule has 0 saturated carbocycles. The summed E-state index contributed by atoms with van der Waals surface area (Å²) < 4.78 is 48.4. The molecule has 2 aliphatic heterocycles. The van der Waals surface area contributed by atoms with Crippen LogP contribution in [0.15, 0.2) is 0 Å². The first-order chi connectivity index (χ1) is 7.92. The highest BCUT2D eigenvalue weighted by Gasteiger charge is 2.36. The van der Waals surface area contributed by atoms with E-state index >= 15 is 0 Å². The van der Waals surface area contributed by atoms with Gasteiger partial charge < -0.3 is 5.32 Å². The van der Waals surface area contributed by atoms with Crippen molar-refractivity contribution in [3.63, 3.8) is 0 Å². The van der Waals surface area contributed by atoms with Crippen LogP contribution in [-0.2, 0) is 19.9 Å². The molecule has 1 N–H and O–H groups in total. The molecule has 0 bridgehead atoms. The lowest BCUT2D eigenvalue weighted by molar-refractivity contribution is 0.406. The predicted octanol–water partition coefficient (Wildman–Crippen LogP) is -1.20. The molecular formula is C9H18N2O4S2. The largest absolute Gasteiger partial charge is 0.315 e. The summed E-state index contributed by atoms with van der Waals surface area (Å²) in [4.78, 5) is 0. The molecule has 0 aromatic heterocycles. The molecule has 100 valence electrons. The van der Waals surface area contributed by atoms with Crippen LogP contribution in [0.3, 0.4) is 0 Å². The lowest BCUT2D eigenvalue weighted by atomic mass is 10.2. The first kappa shape index (κ1) is 13.3. The fourth-order valence-electron chi connectivity index (χ4n) is 2.24. The van der Waals surface area contributed by atoms with Gasteiger partial charge in [0.15, 0.2) is 9.84 Å². The van der Waals surface area contributed by atoms with Crippen molar-refractivity contribution in [1.29, 1.82) is 0 Å². The van der Waals surface area contributed by atoms with Crippen molar-refractivity contribution < 1.29 is 16.8 Å². The summed E-state index contributed by atoms with van der Waals surface area (Å²) in [5.74, 6) is -0.0985. The Morgan fingerprint density at radius 2 is 1.82 bits per heavy atom. The van der Waals surface area contributed by atoms with Crippen LogP contribution in [0.2, 0.25) is 0 Å². The number of sulfone groups is 1. The Bertz CT molecular complexity index is 451. The van der Waals surface area contributed by atoms with Gasteiger partial charge in [0.05, 0.1) is 16.8 Å². The quantitative estimate of drug-likeness (QED) is 0.688. The summed E-state index contributed by atoms with van der Waals surface area (Å²) >= 11 is 0. The van der Waals surface area contributed by atoms with Crippen molar-refractivity contribution in [2.45, 2.75) is 18.1 Å². The van der Waals surface area contributed by atoms with E-state index in [1.165, 1.54) is 4.31 Å². The number of sulfonamides is 1. The van der Waals surface area contributed by atoms with E-state index in [0.29, 0.717) is 13.0 Å². The number of nitrogens with zero attached hydrogens (tertiary/aromatic N) is 1. The standard InChI is InChI=1S/C9H18N2O4S2/c12-16(13)6-4-11(5-7-16)17(14,15)9-2-1-3-10-8-9/h9-10H,1-8H2. The Morgan fingerprint density at radius 1 is 1.18 bits per heavy atom. The van der Waals surface area contributed by atoms with E-state index in [1.54, 1.807) is 0 Å². The van der Waals surface area contributed by atoms with E-state index in [1.807, 2.05) is 0 Å². The van der Waals surface area contributed by atoms with Gasteiger partial charge >= 0.3 is 0 Å². The van der Waals surface area contributed by atoms with Crippen LogP contribution in [0.25, 0.3) is 0 Å². The Kier molecular flexibility index (Phi) is 3.77. The highest BCUT2D eigenvalue weighted by molar-refractivity contribution is 7.92. The fraction of sp³-hybridized carbons (Fsp3) is 1.00. The lowest BCUT2D eigenvalue weighted by Crippen LogP contribution is -2.50. The summed E-state index contributed by atoms with van der Waals surface area (Å²) in [5.41, 5.74) is 0. The Hall–Kier alpha value is -0.180. The van der Waals surface area contributed by atoms with Gasteiger partial charge in [0.25, 0.3) is 0 Å². The van der Waals surface area contributed by atoms with Crippen LogP contribution in [0.1, 0.15) is 12.8 Å². The van der Waals surface area contributed by atoms with E-state index in [2.05, 4.69) is 5.32 Å². The van der Waals surface area contributed by atoms with Crippen molar-refractivity contribution in [2.24, 2.45) is 0 Å². The predicted molar refractivity (Wildman–Crippen MR) is 65.0 cm³/mol. The van der Waals surface area contributed by atoms with Crippen LogP contribution >= 0.6 is 0 Å². The van der Waals surface area contributed by atoms with E-state index in [0.717, 1.165) is 13.0 Å². The Labute approximate surface area is 102 Å². The number of nitrogens with one attached hydrogen (secondary N) is 1. The normalized spacial score (nSPS) is 31.2. The van der Waals surface area contributed by atoms with Crippen LogP contribution < -0.4 is 5.32 Å². The SMILES string of the molecule is O=S1(=O)CCN(S(=O)(=O)C2CCCNC2)CC1. The maximum absolute atomic E-state index is 12.2. The molecule has 6 nitrogen and oxygen atoms in total. The molecule has 2 fully saturated rings. The topological polar surface area (TPSA) is 83.6 Å². The molecule has 8 heteroatoms. The van der Waals surface area contributed by atoms with Gasteiger partial charge in [0.1, 0.15) is 0 Å². The van der Waals surface area contributed by atoms with Crippen molar-refractivity contribution in [1.82, 2.24) is 9.62 Å². The van der Waals surface area contributed by atoms with Crippen molar-refractivity contribution in [3.05, 3.63) is 0 Å². The highest BCUT2D eigenvalue weighted by atomic mass is 32.2. The summed E-state index contributed by atoms with van der Waals surface area (Å²) in [6.45, 7) is 1.56. The van der Waals surface area contributed by atoms with Gasteiger partial charge in [0, 0.05) is 19.6 Å². The lowest BCUT2D eigenvalue weighted by Gasteiger charge is -2.31. The van der Waals surface area contributed by atoms with Gasteiger partial charge in [0.2, 0.25) is 10.0 Å². The molecule has 2 saturated heterocycles. The van der Waals surface area contributed by atoms with E-state index < -0.39 is 25.1 Å². The molecule has 1 unspecified atom stereocenters. The van der Waals surface area contributed by atoms with Gasteiger partial charge in [-0.1, -0.05) is 0 Å².